The van der Waals surface area contributed by atoms with Crippen LogP contribution in [0.1, 0.15) is 46.5 Å². The third-order valence-electron chi connectivity index (χ3n) is 3.92. The number of nitrogens with one attached hydrogen (secondary N) is 1. The zero-order chi connectivity index (χ0) is 12.2. The molecule has 0 radical (unpaired) electrons. The maximum absolute atomic E-state index is 5.89. The van der Waals surface area contributed by atoms with Gasteiger partial charge < -0.3 is 14.8 Å². The Hall–Kier alpha value is -0.120. The van der Waals surface area contributed by atoms with Gasteiger partial charge in [0.25, 0.3) is 0 Å². The zero-order valence-electron chi connectivity index (χ0n) is 11.4. The lowest BCUT2D eigenvalue weighted by Gasteiger charge is -2.35. The van der Waals surface area contributed by atoms with Crippen molar-refractivity contribution >= 4 is 0 Å². The molecule has 0 spiro atoms. The molecule has 3 heteroatoms. The lowest BCUT2D eigenvalue weighted by molar-refractivity contribution is -0.0280. The van der Waals surface area contributed by atoms with Crippen molar-refractivity contribution in [2.45, 2.75) is 63.7 Å². The van der Waals surface area contributed by atoms with Crippen molar-refractivity contribution in [3.8, 4) is 0 Å². The Labute approximate surface area is 99.9 Å². The van der Waals surface area contributed by atoms with E-state index >= 15 is 0 Å². The van der Waals surface area contributed by atoms with Crippen molar-refractivity contribution in [2.24, 2.45) is 0 Å². The summed E-state index contributed by atoms with van der Waals surface area (Å²) in [6, 6.07) is 0.421. The maximum atomic E-state index is 5.89. The lowest BCUT2D eigenvalue weighted by Crippen LogP contribution is -2.47. The minimum Gasteiger partial charge on any atom is -0.379 e. The predicted molar refractivity (Wildman–Crippen MR) is 66.8 cm³/mol. The Bertz CT molecular complexity index is 210. The lowest BCUT2D eigenvalue weighted by atomic mass is 9.87. The third kappa shape index (κ3) is 3.44. The largest absolute Gasteiger partial charge is 0.379 e. The van der Waals surface area contributed by atoms with E-state index in [9.17, 15) is 0 Å². The molecule has 0 amide bonds. The van der Waals surface area contributed by atoms with Crippen molar-refractivity contribution in [3.63, 3.8) is 0 Å². The second-order valence-corrected chi connectivity index (χ2v) is 5.61. The van der Waals surface area contributed by atoms with E-state index in [-0.39, 0.29) is 11.2 Å². The van der Waals surface area contributed by atoms with Crippen LogP contribution in [0.3, 0.4) is 0 Å². The van der Waals surface area contributed by atoms with Gasteiger partial charge in [-0.3, -0.25) is 0 Å². The van der Waals surface area contributed by atoms with Crippen LogP contribution in [0, 0.1) is 0 Å². The minimum absolute atomic E-state index is 0.0125. The van der Waals surface area contributed by atoms with E-state index in [2.05, 4.69) is 26.1 Å². The quantitative estimate of drug-likeness (QED) is 0.758. The topological polar surface area (TPSA) is 30.5 Å². The smallest absolute Gasteiger partial charge is 0.0807 e. The fraction of sp³-hybridized carbons (Fsp3) is 1.00. The Morgan fingerprint density at radius 1 is 1.50 bits per heavy atom. The molecule has 1 heterocycles. The molecule has 1 aliphatic heterocycles. The monoisotopic (exact) mass is 229 g/mol. The van der Waals surface area contributed by atoms with Gasteiger partial charge in [0.15, 0.2) is 0 Å². The molecule has 0 aromatic rings. The minimum atomic E-state index is -0.0376. The number of hydrogen-bond donors (Lipinski definition) is 1. The van der Waals surface area contributed by atoms with Gasteiger partial charge in [0.2, 0.25) is 0 Å². The summed E-state index contributed by atoms with van der Waals surface area (Å²) in [5, 5.41) is 3.40. The number of methoxy groups -OCH3 is 1. The van der Waals surface area contributed by atoms with E-state index in [4.69, 9.17) is 9.47 Å². The highest BCUT2D eigenvalue weighted by atomic mass is 16.5. The van der Waals surface area contributed by atoms with Gasteiger partial charge in [0, 0.05) is 19.8 Å². The van der Waals surface area contributed by atoms with Crippen LogP contribution in [0.5, 0.6) is 0 Å². The molecular formula is C13H27NO2. The van der Waals surface area contributed by atoms with E-state index in [1.165, 1.54) is 6.42 Å². The first-order valence-corrected chi connectivity index (χ1v) is 6.30. The molecule has 2 unspecified atom stereocenters. The van der Waals surface area contributed by atoms with E-state index < -0.39 is 0 Å². The van der Waals surface area contributed by atoms with Crippen LogP contribution in [0.15, 0.2) is 0 Å². The van der Waals surface area contributed by atoms with E-state index in [1.54, 1.807) is 7.11 Å². The molecule has 0 aromatic heterocycles. The first-order valence-electron chi connectivity index (χ1n) is 6.30. The molecule has 0 bridgehead atoms. The summed E-state index contributed by atoms with van der Waals surface area (Å²) in [6.07, 6.45) is 4.48. The number of hydrogen-bond acceptors (Lipinski definition) is 3. The van der Waals surface area contributed by atoms with Crippen LogP contribution < -0.4 is 5.32 Å². The molecule has 3 nitrogen and oxygen atoms in total. The molecule has 1 fully saturated rings. The van der Waals surface area contributed by atoms with Gasteiger partial charge in [-0.15, -0.1) is 0 Å². The molecule has 1 rings (SSSR count). The molecule has 0 saturated carbocycles. The molecule has 1 N–H and O–H groups in total. The van der Waals surface area contributed by atoms with E-state index in [0.29, 0.717) is 6.04 Å². The average Bonchev–Trinajstić information content (AvgIpc) is 2.67. The fourth-order valence-corrected chi connectivity index (χ4v) is 2.42. The van der Waals surface area contributed by atoms with E-state index in [1.807, 2.05) is 7.05 Å². The molecule has 16 heavy (non-hydrogen) atoms. The fourth-order valence-electron chi connectivity index (χ4n) is 2.42. The van der Waals surface area contributed by atoms with Crippen molar-refractivity contribution in [1.29, 1.82) is 0 Å². The molecule has 1 aliphatic rings. The van der Waals surface area contributed by atoms with Gasteiger partial charge in [-0.2, -0.15) is 0 Å². The molecule has 2 atom stereocenters. The number of likely N-dealkylation sites (N-methyl/N-ethyl adjacent to an activating group) is 1. The van der Waals surface area contributed by atoms with Crippen LogP contribution >= 0.6 is 0 Å². The normalized spacial score (nSPS) is 28.3. The Morgan fingerprint density at radius 3 is 2.62 bits per heavy atom. The summed E-state index contributed by atoms with van der Waals surface area (Å²) in [5.74, 6) is 0. The second kappa shape index (κ2) is 5.48. The molecule has 1 saturated heterocycles. The van der Waals surface area contributed by atoms with Crippen LogP contribution in [-0.4, -0.2) is 38.0 Å². The maximum Gasteiger partial charge on any atom is 0.0807 e. The van der Waals surface area contributed by atoms with Gasteiger partial charge in [-0.25, -0.2) is 0 Å². The van der Waals surface area contributed by atoms with Crippen molar-refractivity contribution in [2.75, 3.05) is 20.8 Å². The third-order valence-corrected chi connectivity index (χ3v) is 3.92. The highest BCUT2D eigenvalue weighted by Gasteiger charge is 2.38. The molecule has 96 valence electrons. The van der Waals surface area contributed by atoms with Gasteiger partial charge >= 0.3 is 0 Å². The number of ether oxygens (including phenoxy) is 2. The Kier molecular flexibility index (Phi) is 4.77. The highest BCUT2D eigenvalue weighted by Crippen LogP contribution is 2.32. The molecular weight excluding hydrogens is 202 g/mol. The summed E-state index contributed by atoms with van der Waals surface area (Å²) in [7, 11) is 3.81. The standard InChI is InChI=1S/C13H27NO2/c1-12(2,15-5)9-7-11(14-4)13(3)8-6-10-16-13/h11,14H,6-10H2,1-5H3. The summed E-state index contributed by atoms with van der Waals surface area (Å²) in [5.41, 5.74) is -0.0252. The molecule has 0 aromatic carbocycles. The first kappa shape index (κ1) is 13.9. The van der Waals surface area contributed by atoms with Crippen LogP contribution in [0.2, 0.25) is 0 Å². The summed E-state index contributed by atoms with van der Waals surface area (Å²) in [4.78, 5) is 0. The summed E-state index contributed by atoms with van der Waals surface area (Å²) < 4.78 is 11.3. The SMILES string of the molecule is CNC(CCC(C)(C)OC)C1(C)CCCO1. The van der Waals surface area contributed by atoms with Gasteiger partial charge in [-0.05, 0) is 53.5 Å². The zero-order valence-corrected chi connectivity index (χ0v) is 11.4. The van der Waals surface area contributed by atoms with Crippen molar-refractivity contribution in [1.82, 2.24) is 5.32 Å². The summed E-state index contributed by atoms with van der Waals surface area (Å²) in [6.45, 7) is 7.40. The molecule has 0 aliphatic carbocycles. The van der Waals surface area contributed by atoms with Crippen molar-refractivity contribution < 1.29 is 9.47 Å². The van der Waals surface area contributed by atoms with Gasteiger partial charge in [-0.1, -0.05) is 0 Å². The van der Waals surface area contributed by atoms with Crippen LogP contribution in [0.25, 0.3) is 0 Å². The van der Waals surface area contributed by atoms with Crippen LogP contribution in [0.4, 0.5) is 0 Å². The first-order chi connectivity index (χ1) is 7.43. The second-order valence-electron chi connectivity index (χ2n) is 5.61. The Morgan fingerprint density at radius 2 is 2.19 bits per heavy atom. The average molecular weight is 229 g/mol. The summed E-state index contributed by atoms with van der Waals surface area (Å²) >= 11 is 0. The van der Waals surface area contributed by atoms with Gasteiger partial charge in [0.05, 0.1) is 11.2 Å². The highest BCUT2D eigenvalue weighted by molar-refractivity contribution is 4.92. The van der Waals surface area contributed by atoms with Gasteiger partial charge in [0.1, 0.15) is 0 Å². The van der Waals surface area contributed by atoms with Crippen molar-refractivity contribution in [3.05, 3.63) is 0 Å². The Balaban J connectivity index is 2.49. The number of rotatable bonds is 6. The van der Waals surface area contributed by atoms with E-state index in [0.717, 1.165) is 25.9 Å². The van der Waals surface area contributed by atoms with Crippen LogP contribution in [-0.2, 0) is 9.47 Å². The predicted octanol–water partition coefficient (Wildman–Crippen LogP) is 2.35.